The highest BCUT2D eigenvalue weighted by Gasteiger charge is 2.75. The van der Waals surface area contributed by atoms with Crippen LogP contribution in [0.1, 0.15) is 60.3 Å². The second-order valence-electron chi connectivity index (χ2n) is 11.8. The normalized spacial score (nSPS) is 29.8. The van der Waals surface area contributed by atoms with Crippen molar-refractivity contribution >= 4 is 17.8 Å². The maximum absolute atomic E-state index is 14.3. The molecule has 3 aliphatic rings. The summed E-state index contributed by atoms with van der Waals surface area (Å²) in [5, 5.41) is 9.77. The third-order valence-corrected chi connectivity index (χ3v) is 7.48. The number of β-amino-alcohol motifs (C(OH)–C–C–N with tert-alkyl or cyclic N) is 1. The van der Waals surface area contributed by atoms with Crippen molar-refractivity contribution in [2.75, 3.05) is 26.3 Å². The topological polar surface area (TPSA) is 96.4 Å². The summed E-state index contributed by atoms with van der Waals surface area (Å²) in [4.78, 5) is 44.2. The minimum Gasteiger partial charge on any atom is -0.465 e. The smallest absolute Gasteiger partial charge is 0.312 e. The van der Waals surface area contributed by atoms with E-state index in [0.717, 1.165) is 6.42 Å². The first-order chi connectivity index (χ1) is 16.3. The fourth-order valence-electron chi connectivity index (χ4n) is 6.69. The van der Waals surface area contributed by atoms with Gasteiger partial charge in [0.15, 0.2) is 0 Å². The number of hydrogen-bond acceptors (Lipinski definition) is 6. The van der Waals surface area contributed by atoms with Crippen molar-refractivity contribution < 1.29 is 29.0 Å². The Morgan fingerprint density at radius 1 is 1.26 bits per heavy atom. The standard InChI is InChI=1S/C27H42N2O6/c1-8-10-16-34-24(33)19-18-11-12-27(35-18)20(19)22(31)28(14-15-30)21(27)23(32)29(13-9-2)26(6,7)17-25(3,4)5/h8-9,18-21,30H,1-2,10-17H2,3-7H3/t18-,19+,20+,21?,27?/m1/s1. The zero-order chi connectivity index (χ0) is 26.2. The molecule has 8 nitrogen and oxygen atoms in total. The quantitative estimate of drug-likeness (QED) is 0.272. The van der Waals surface area contributed by atoms with Crippen molar-refractivity contribution in [1.82, 2.24) is 9.80 Å². The van der Waals surface area contributed by atoms with Crippen LogP contribution in [0.3, 0.4) is 0 Å². The molecule has 1 N–H and O–H groups in total. The molecule has 8 heteroatoms. The minimum atomic E-state index is -1.10. The first-order valence-electron chi connectivity index (χ1n) is 12.6. The van der Waals surface area contributed by atoms with Gasteiger partial charge in [0.1, 0.15) is 11.6 Å². The molecule has 3 fully saturated rings. The summed E-state index contributed by atoms with van der Waals surface area (Å²) in [5.41, 5.74) is -1.66. The van der Waals surface area contributed by atoms with Crippen LogP contribution in [0.25, 0.3) is 0 Å². The first-order valence-corrected chi connectivity index (χ1v) is 12.6. The molecule has 0 aromatic carbocycles. The number of aliphatic hydroxyl groups excluding tert-OH is 1. The molecule has 2 unspecified atom stereocenters. The van der Waals surface area contributed by atoms with Crippen LogP contribution in [0.4, 0.5) is 0 Å². The van der Waals surface area contributed by atoms with E-state index in [1.807, 2.05) is 13.8 Å². The Hall–Kier alpha value is -2.19. The summed E-state index contributed by atoms with van der Waals surface area (Å²) in [6.07, 6.45) is 5.24. The molecule has 5 atom stereocenters. The summed E-state index contributed by atoms with van der Waals surface area (Å²) in [7, 11) is 0. The van der Waals surface area contributed by atoms with Gasteiger partial charge < -0.3 is 24.4 Å². The van der Waals surface area contributed by atoms with Gasteiger partial charge in [-0.3, -0.25) is 14.4 Å². The van der Waals surface area contributed by atoms with Crippen LogP contribution in [0.2, 0.25) is 0 Å². The van der Waals surface area contributed by atoms with Gasteiger partial charge in [0.2, 0.25) is 11.8 Å². The zero-order valence-corrected chi connectivity index (χ0v) is 21.9. The van der Waals surface area contributed by atoms with Crippen molar-refractivity contribution in [3.05, 3.63) is 25.3 Å². The zero-order valence-electron chi connectivity index (χ0n) is 21.9. The Kier molecular flexibility index (Phi) is 7.87. The second kappa shape index (κ2) is 10.1. The van der Waals surface area contributed by atoms with Crippen molar-refractivity contribution in [3.63, 3.8) is 0 Å². The van der Waals surface area contributed by atoms with E-state index in [1.165, 1.54) is 4.90 Å². The van der Waals surface area contributed by atoms with E-state index in [1.54, 1.807) is 17.1 Å². The molecule has 2 amide bonds. The fourth-order valence-corrected chi connectivity index (χ4v) is 6.69. The van der Waals surface area contributed by atoms with E-state index in [4.69, 9.17) is 9.47 Å². The number of carbonyl (C=O) groups excluding carboxylic acids is 3. The number of aliphatic hydroxyl groups is 1. The predicted molar refractivity (Wildman–Crippen MR) is 132 cm³/mol. The monoisotopic (exact) mass is 490 g/mol. The number of likely N-dealkylation sites (tertiary alicyclic amines) is 1. The lowest BCUT2D eigenvalue weighted by molar-refractivity contribution is -0.156. The average molecular weight is 491 g/mol. The third-order valence-electron chi connectivity index (χ3n) is 7.48. The lowest BCUT2D eigenvalue weighted by Crippen LogP contribution is -2.61. The summed E-state index contributed by atoms with van der Waals surface area (Å²) >= 11 is 0. The van der Waals surface area contributed by atoms with Gasteiger partial charge in [-0.25, -0.2) is 0 Å². The van der Waals surface area contributed by atoms with Crippen LogP contribution in [-0.4, -0.2) is 82.3 Å². The van der Waals surface area contributed by atoms with Gasteiger partial charge >= 0.3 is 5.97 Å². The molecule has 0 aromatic rings. The maximum atomic E-state index is 14.3. The largest absolute Gasteiger partial charge is 0.465 e. The van der Waals surface area contributed by atoms with Crippen LogP contribution >= 0.6 is 0 Å². The fraction of sp³-hybridized carbons (Fsp3) is 0.741. The molecule has 3 saturated heterocycles. The van der Waals surface area contributed by atoms with Crippen LogP contribution in [0.15, 0.2) is 25.3 Å². The number of fused-ring (bicyclic) bond motifs is 1. The molecule has 0 saturated carbocycles. The Labute approximate surface area is 209 Å². The molecule has 35 heavy (non-hydrogen) atoms. The number of hydrogen-bond donors (Lipinski definition) is 1. The van der Waals surface area contributed by atoms with Gasteiger partial charge in [0, 0.05) is 18.6 Å². The van der Waals surface area contributed by atoms with E-state index in [2.05, 4.69) is 33.9 Å². The van der Waals surface area contributed by atoms with Crippen LogP contribution < -0.4 is 0 Å². The SMILES string of the molecule is C=CCCOC(=O)[C@@H]1[C@H]2C(=O)N(CCO)C(C(=O)N(CC=C)C(C)(C)CC(C)(C)C)C23CC[C@H]1O3. The van der Waals surface area contributed by atoms with E-state index in [9.17, 15) is 19.5 Å². The van der Waals surface area contributed by atoms with E-state index < -0.39 is 41.1 Å². The van der Waals surface area contributed by atoms with Crippen LogP contribution in [-0.2, 0) is 23.9 Å². The summed E-state index contributed by atoms with van der Waals surface area (Å²) in [5.74, 6) is -2.57. The maximum Gasteiger partial charge on any atom is 0.312 e. The molecule has 196 valence electrons. The highest BCUT2D eigenvalue weighted by molar-refractivity contribution is 5.98. The van der Waals surface area contributed by atoms with Gasteiger partial charge in [-0.15, -0.1) is 13.2 Å². The van der Waals surface area contributed by atoms with Crippen molar-refractivity contribution in [1.29, 1.82) is 0 Å². The molecule has 0 aliphatic carbocycles. The first kappa shape index (κ1) is 27.4. The molecule has 0 radical (unpaired) electrons. The Bertz CT molecular complexity index is 862. The number of nitrogens with zero attached hydrogens (tertiary/aromatic N) is 2. The molecule has 3 rings (SSSR count). The van der Waals surface area contributed by atoms with Crippen LogP contribution in [0.5, 0.6) is 0 Å². The van der Waals surface area contributed by atoms with Gasteiger partial charge in [0.05, 0.1) is 31.2 Å². The van der Waals surface area contributed by atoms with Crippen molar-refractivity contribution in [2.24, 2.45) is 17.3 Å². The molecule has 0 aromatic heterocycles. The summed E-state index contributed by atoms with van der Waals surface area (Å²) < 4.78 is 11.8. The predicted octanol–water partition coefficient (Wildman–Crippen LogP) is 2.70. The molecule has 2 bridgehead atoms. The molecule has 1 spiro atoms. The van der Waals surface area contributed by atoms with Crippen molar-refractivity contribution in [3.8, 4) is 0 Å². The minimum absolute atomic E-state index is 0.00137. The Morgan fingerprint density at radius 2 is 1.94 bits per heavy atom. The van der Waals surface area contributed by atoms with Crippen LogP contribution in [0, 0.1) is 17.3 Å². The van der Waals surface area contributed by atoms with Gasteiger partial charge in [-0.1, -0.05) is 32.9 Å². The van der Waals surface area contributed by atoms with Gasteiger partial charge in [-0.05, 0) is 44.9 Å². The molecule has 3 aliphatic heterocycles. The lowest BCUT2D eigenvalue weighted by Gasteiger charge is -2.45. The third kappa shape index (κ3) is 4.92. The Morgan fingerprint density at radius 3 is 2.51 bits per heavy atom. The number of carbonyl (C=O) groups is 3. The molecular formula is C27H42N2O6. The number of esters is 1. The Balaban J connectivity index is 2.00. The van der Waals surface area contributed by atoms with E-state index in [0.29, 0.717) is 25.8 Å². The van der Waals surface area contributed by atoms with Gasteiger partial charge in [0.25, 0.3) is 0 Å². The molecular weight excluding hydrogens is 448 g/mol. The van der Waals surface area contributed by atoms with E-state index in [-0.39, 0.29) is 37.0 Å². The highest BCUT2D eigenvalue weighted by atomic mass is 16.6. The van der Waals surface area contributed by atoms with E-state index >= 15 is 0 Å². The lowest BCUT2D eigenvalue weighted by atomic mass is 9.70. The highest BCUT2D eigenvalue weighted by Crippen LogP contribution is 2.59. The second-order valence-corrected chi connectivity index (χ2v) is 11.8. The number of rotatable bonds is 11. The summed E-state index contributed by atoms with van der Waals surface area (Å²) in [6, 6.07) is -0.915. The summed E-state index contributed by atoms with van der Waals surface area (Å²) in [6.45, 7) is 18.1. The average Bonchev–Trinajstić information content (AvgIpc) is 3.38. The van der Waals surface area contributed by atoms with Gasteiger partial charge in [-0.2, -0.15) is 0 Å². The number of amides is 2. The number of ether oxygens (including phenoxy) is 2. The van der Waals surface area contributed by atoms with Crippen molar-refractivity contribution in [2.45, 2.75) is 83.6 Å². The molecule has 3 heterocycles.